The first-order valence-electron chi connectivity index (χ1n) is 10.6. The number of hydrogen-bond donors (Lipinski definition) is 1. The second-order valence-electron chi connectivity index (χ2n) is 7.86. The molecule has 2 aromatic rings. The number of carbonyl (C=O) groups excluding carboxylic acids is 1. The number of sulfonamides is 1. The third kappa shape index (κ3) is 6.78. The fourth-order valence-corrected chi connectivity index (χ4v) is 4.30. The lowest BCUT2D eigenvalue weighted by Gasteiger charge is -2.25. The normalized spacial score (nSPS) is 13.0. The van der Waals surface area contributed by atoms with E-state index in [1.165, 1.54) is 4.31 Å². The van der Waals surface area contributed by atoms with Crippen LogP contribution in [0.3, 0.4) is 0 Å². The van der Waals surface area contributed by atoms with Crippen molar-refractivity contribution in [1.82, 2.24) is 5.32 Å². The topological polar surface area (TPSA) is 94.2 Å². The number of fused-ring (bicyclic) bond motifs is 1. The van der Waals surface area contributed by atoms with Gasteiger partial charge < -0.3 is 19.5 Å². The van der Waals surface area contributed by atoms with E-state index in [-0.39, 0.29) is 25.0 Å². The Morgan fingerprint density at radius 1 is 1.12 bits per heavy atom. The van der Waals surface area contributed by atoms with Crippen LogP contribution in [0, 0.1) is 0 Å². The van der Waals surface area contributed by atoms with Crippen LogP contribution >= 0.6 is 0 Å². The van der Waals surface area contributed by atoms with Gasteiger partial charge in [0.25, 0.3) is 0 Å². The Balaban J connectivity index is 1.53. The zero-order valence-corrected chi connectivity index (χ0v) is 19.5. The molecule has 1 aliphatic heterocycles. The molecule has 8 nitrogen and oxygen atoms in total. The molecule has 0 fully saturated rings. The van der Waals surface area contributed by atoms with Gasteiger partial charge in [-0.25, -0.2) is 8.42 Å². The average molecular weight is 463 g/mol. The van der Waals surface area contributed by atoms with Crippen LogP contribution in [-0.4, -0.2) is 46.4 Å². The van der Waals surface area contributed by atoms with Gasteiger partial charge in [-0.3, -0.25) is 9.10 Å². The van der Waals surface area contributed by atoms with Crippen LogP contribution in [0.5, 0.6) is 17.2 Å². The van der Waals surface area contributed by atoms with Gasteiger partial charge in [-0.15, -0.1) is 0 Å². The minimum atomic E-state index is -3.52. The fraction of sp³-hybridized carbons (Fsp3) is 0.435. The van der Waals surface area contributed by atoms with Crippen LogP contribution in [0.15, 0.2) is 42.5 Å². The summed E-state index contributed by atoms with van der Waals surface area (Å²) < 4.78 is 42.7. The quantitative estimate of drug-likeness (QED) is 0.583. The molecule has 32 heavy (non-hydrogen) atoms. The summed E-state index contributed by atoms with van der Waals surface area (Å²) in [6, 6.07) is 12.6. The molecular weight excluding hydrogens is 432 g/mol. The van der Waals surface area contributed by atoms with Crippen molar-refractivity contribution in [1.29, 1.82) is 0 Å². The van der Waals surface area contributed by atoms with Crippen LogP contribution < -0.4 is 23.8 Å². The zero-order chi connectivity index (χ0) is 23.1. The summed E-state index contributed by atoms with van der Waals surface area (Å²) in [6.07, 6.45) is 1.81. The Labute approximate surface area is 189 Å². The van der Waals surface area contributed by atoms with E-state index in [0.29, 0.717) is 43.4 Å². The summed E-state index contributed by atoms with van der Waals surface area (Å²) in [5.74, 6) is 1.73. The third-order valence-corrected chi connectivity index (χ3v) is 5.93. The Morgan fingerprint density at radius 3 is 2.59 bits per heavy atom. The van der Waals surface area contributed by atoms with Crippen LogP contribution in [0.25, 0.3) is 0 Å². The predicted molar refractivity (Wildman–Crippen MR) is 123 cm³/mol. The van der Waals surface area contributed by atoms with E-state index in [9.17, 15) is 13.2 Å². The number of ether oxygens (including phenoxy) is 3. The molecule has 0 atom stereocenters. The summed E-state index contributed by atoms with van der Waals surface area (Å²) in [4.78, 5) is 12.3. The maximum absolute atomic E-state index is 12.3. The molecule has 0 radical (unpaired) electrons. The number of hydrogen-bond acceptors (Lipinski definition) is 6. The molecule has 0 unspecified atom stereocenters. The van der Waals surface area contributed by atoms with Crippen molar-refractivity contribution >= 4 is 21.6 Å². The van der Waals surface area contributed by atoms with Crippen LogP contribution in [0.2, 0.25) is 0 Å². The van der Waals surface area contributed by atoms with Crippen molar-refractivity contribution in [2.45, 2.75) is 39.3 Å². The summed E-state index contributed by atoms with van der Waals surface area (Å²) >= 11 is 0. The van der Waals surface area contributed by atoms with Gasteiger partial charge in [0.15, 0.2) is 11.5 Å². The standard InChI is InChI=1S/C23H30N2O6S/c1-17(2)31-20-7-4-6-18(14-20)16-24-23(26)8-5-11-25(32(3,27)28)19-9-10-21-22(15-19)30-13-12-29-21/h4,6-7,9-10,14-15,17H,5,8,11-13,16H2,1-3H3,(H,24,26). The van der Waals surface area contributed by atoms with Crippen molar-refractivity contribution in [3.63, 3.8) is 0 Å². The highest BCUT2D eigenvalue weighted by atomic mass is 32.2. The van der Waals surface area contributed by atoms with Gasteiger partial charge in [0.2, 0.25) is 15.9 Å². The summed E-state index contributed by atoms with van der Waals surface area (Å²) in [7, 11) is -3.52. The van der Waals surface area contributed by atoms with Gasteiger partial charge >= 0.3 is 0 Å². The van der Waals surface area contributed by atoms with E-state index in [1.807, 2.05) is 38.1 Å². The summed E-state index contributed by atoms with van der Waals surface area (Å²) in [5, 5.41) is 2.87. The molecule has 1 amide bonds. The minimum absolute atomic E-state index is 0.0758. The minimum Gasteiger partial charge on any atom is -0.491 e. The van der Waals surface area contributed by atoms with Gasteiger partial charge in [0, 0.05) is 25.6 Å². The van der Waals surface area contributed by atoms with Gasteiger partial charge in [-0.1, -0.05) is 12.1 Å². The third-order valence-electron chi connectivity index (χ3n) is 4.74. The second-order valence-corrected chi connectivity index (χ2v) is 9.76. The molecule has 0 bridgehead atoms. The fourth-order valence-electron chi connectivity index (χ4n) is 3.35. The van der Waals surface area contributed by atoms with Crippen LogP contribution in [0.1, 0.15) is 32.3 Å². The summed E-state index contributed by atoms with van der Waals surface area (Å²) in [6.45, 7) is 5.36. The van der Waals surface area contributed by atoms with Gasteiger partial charge in [-0.05, 0) is 50.1 Å². The molecular formula is C23H30N2O6S. The molecule has 0 spiro atoms. The number of amides is 1. The van der Waals surface area contributed by atoms with E-state index in [1.54, 1.807) is 18.2 Å². The van der Waals surface area contributed by atoms with E-state index in [2.05, 4.69) is 5.32 Å². The van der Waals surface area contributed by atoms with Crippen LogP contribution in [0.4, 0.5) is 5.69 Å². The Hall–Kier alpha value is -2.94. The number of nitrogens with one attached hydrogen (secondary N) is 1. The molecule has 1 aliphatic rings. The highest BCUT2D eigenvalue weighted by molar-refractivity contribution is 7.92. The number of benzene rings is 2. The molecule has 174 valence electrons. The Morgan fingerprint density at radius 2 is 1.88 bits per heavy atom. The van der Waals surface area contributed by atoms with Gasteiger partial charge in [0.05, 0.1) is 18.0 Å². The second kappa shape index (κ2) is 10.6. The van der Waals surface area contributed by atoms with Crippen molar-refractivity contribution < 1.29 is 27.4 Å². The van der Waals surface area contributed by atoms with Crippen molar-refractivity contribution in [3.8, 4) is 17.2 Å². The number of anilines is 1. The number of carbonyl (C=O) groups is 1. The maximum atomic E-state index is 12.3. The largest absolute Gasteiger partial charge is 0.491 e. The lowest BCUT2D eigenvalue weighted by atomic mass is 10.2. The Bertz CT molecular complexity index is 1040. The van der Waals surface area contributed by atoms with Crippen molar-refractivity contribution in [2.24, 2.45) is 0 Å². The van der Waals surface area contributed by atoms with E-state index >= 15 is 0 Å². The Kier molecular flexibility index (Phi) is 7.84. The van der Waals surface area contributed by atoms with Crippen LogP contribution in [-0.2, 0) is 21.4 Å². The molecule has 0 saturated carbocycles. The van der Waals surface area contributed by atoms with E-state index in [0.717, 1.165) is 17.6 Å². The molecule has 1 heterocycles. The number of rotatable bonds is 10. The smallest absolute Gasteiger partial charge is 0.232 e. The van der Waals surface area contributed by atoms with Crippen molar-refractivity contribution in [2.75, 3.05) is 30.3 Å². The van der Waals surface area contributed by atoms with Gasteiger partial charge in [0.1, 0.15) is 19.0 Å². The number of nitrogens with zero attached hydrogens (tertiary/aromatic N) is 1. The first kappa shape index (κ1) is 23.7. The molecule has 0 saturated heterocycles. The van der Waals surface area contributed by atoms with E-state index in [4.69, 9.17) is 14.2 Å². The first-order chi connectivity index (χ1) is 15.2. The molecule has 9 heteroatoms. The predicted octanol–water partition coefficient (Wildman–Crippen LogP) is 3.11. The lowest BCUT2D eigenvalue weighted by molar-refractivity contribution is -0.121. The molecule has 2 aromatic carbocycles. The van der Waals surface area contributed by atoms with Crippen molar-refractivity contribution in [3.05, 3.63) is 48.0 Å². The zero-order valence-electron chi connectivity index (χ0n) is 18.7. The SMILES string of the molecule is CC(C)Oc1cccc(CNC(=O)CCCN(c2ccc3c(c2)OCCO3)S(C)(=O)=O)c1. The highest BCUT2D eigenvalue weighted by Gasteiger charge is 2.21. The monoisotopic (exact) mass is 462 g/mol. The van der Waals surface area contributed by atoms with Gasteiger partial charge in [-0.2, -0.15) is 0 Å². The first-order valence-corrected chi connectivity index (χ1v) is 12.5. The lowest BCUT2D eigenvalue weighted by Crippen LogP contribution is -2.32. The molecule has 1 N–H and O–H groups in total. The maximum Gasteiger partial charge on any atom is 0.232 e. The average Bonchev–Trinajstić information content (AvgIpc) is 2.74. The highest BCUT2D eigenvalue weighted by Crippen LogP contribution is 2.34. The molecule has 0 aromatic heterocycles. The molecule has 3 rings (SSSR count). The van der Waals surface area contributed by atoms with E-state index < -0.39 is 10.0 Å². The summed E-state index contributed by atoms with van der Waals surface area (Å²) in [5.41, 5.74) is 1.42. The molecule has 0 aliphatic carbocycles.